The topological polar surface area (TPSA) is 105 Å². The van der Waals surface area contributed by atoms with Crippen LogP contribution < -0.4 is 14.9 Å². The second-order valence-electron chi connectivity index (χ2n) is 8.09. The van der Waals surface area contributed by atoms with Crippen LogP contribution in [0.2, 0.25) is 0 Å². The first kappa shape index (κ1) is 22.3. The number of anilines is 2. The van der Waals surface area contributed by atoms with Gasteiger partial charge in [0.2, 0.25) is 5.91 Å². The van der Waals surface area contributed by atoms with E-state index in [0.29, 0.717) is 31.7 Å². The van der Waals surface area contributed by atoms with Crippen LogP contribution in [0.3, 0.4) is 0 Å². The average molecular weight is 458 g/mol. The van der Waals surface area contributed by atoms with Gasteiger partial charge in [-0.15, -0.1) is 0 Å². The Balaban J connectivity index is 1.51. The summed E-state index contributed by atoms with van der Waals surface area (Å²) in [5.74, 6) is -0.317. The molecule has 1 atom stereocenters. The van der Waals surface area contributed by atoms with Gasteiger partial charge in [-0.3, -0.25) is 14.3 Å². The molecule has 2 saturated heterocycles. The second-order valence-corrected chi connectivity index (χ2v) is 9.78. The van der Waals surface area contributed by atoms with Crippen molar-refractivity contribution in [3.8, 4) is 0 Å². The van der Waals surface area contributed by atoms with E-state index in [2.05, 4.69) is 10.0 Å². The number of amides is 2. The van der Waals surface area contributed by atoms with Crippen LogP contribution in [0.15, 0.2) is 47.4 Å². The summed E-state index contributed by atoms with van der Waals surface area (Å²) in [6.07, 6.45) is 3.17. The quantitative estimate of drug-likeness (QED) is 0.665. The van der Waals surface area contributed by atoms with Gasteiger partial charge in [0.25, 0.3) is 15.9 Å². The molecule has 2 heterocycles. The molecular formula is C23H27N3O5S. The molecule has 2 aromatic carbocycles. The lowest BCUT2D eigenvalue weighted by atomic mass is 10.1. The highest BCUT2D eigenvalue weighted by molar-refractivity contribution is 7.92. The summed E-state index contributed by atoms with van der Waals surface area (Å²) in [6, 6.07) is 11.2. The number of carbonyl (C=O) groups is 2. The molecule has 0 aliphatic carbocycles. The van der Waals surface area contributed by atoms with Crippen LogP contribution in [0.25, 0.3) is 0 Å². The van der Waals surface area contributed by atoms with E-state index in [0.717, 1.165) is 24.9 Å². The van der Waals surface area contributed by atoms with Crippen LogP contribution in [0, 0.1) is 6.92 Å². The van der Waals surface area contributed by atoms with Gasteiger partial charge in [-0.1, -0.05) is 12.1 Å². The van der Waals surface area contributed by atoms with E-state index in [9.17, 15) is 18.0 Å². The molecule has 2 amide bonds. The fourth-order valence-electron chi connectivity index (χ4n) is 4.08. The zero-order valence-corrected chi connectivity index (χ0v) is 18.8. The molecule has 2 aliphatic heterocycles. The largest absolute Gasteiger partial charge is 0.376 e. The van der Waals surface area contributed by atoms with E-state index in [-0.39, 0.29) is 34.1 Å². The fourth-order valence-corrected chi connectivity index (χ4v) is 5.25. The molecule has 0 aromatic heterocycles. The molecule has 2 N–H and O–H groups in total. The molecular weight excluding hydrogens is 430 g/mol. The minimum atomic E-state index is -3.93. The first-order valence-corrected chi connectivity index (χ1v) is 12.3. The smallest absolute Gasteiger partial charge is 0.261 e. The van der Waals surface area contributed by atoms with Crippen LogP contribution in [0.5, 0.6) is 0 Å². The summed E-state index contributed by atoms with van der Waals surface area (Å²) in [6.45, 7) is 3.50. The summed E-state index contributed by atoms with van der Waals surface area (Å²) in [4.78, 5) is 26.5. The van der Waals surface area contributed by atoms with Crippen LogP contribution in [0.1, 0.15) is 41.6 Å². The molecule has 0 radical (unpaired) electrons. The van der Waals surface area contributed by atoms with Crippen molar-refractivity contribution < 1.29 is 22.7 Å². The Bertz CT molecular complexity index is 1130. The average Bonchev–Trinajstić information content (AvgIpc) is 3.44. The standard InChI is InChI=1S/C23H27N3O5S/c1-16-14-18(10-11-21(16)26-12-4-9-22(26)27)32(29,30)25-20-8-3-2-7-19(20)23(28)24-15-17-6-5-13-31-17/h2-3,7-8,10-11,14,17,25H,4-6,9,12-13,15H2,1H3,(H,24,28). The Morgan fingerprint density at radius 1 is 1.19 bits per heavy atom. The van der Waals surface area contributed by atoms with Crippen molar-refractivity contribution in [3.63, 3.8) is 0 Å². The fraction of sp³-hybridized carbons (Fsp3) is 0.391. The molecule has 4 rings (SSSR count). The van der Waals surface area contributed by atoms with Crippen molar-refractivity contribution in [1.29, 1.82) is 0 Å². The summed E-state index contributed by atoms with van der Waals surface area (Å²) >= 11 is 0. The third-order valence-corrected chi connectivity index (χ3v) is 7.14. The molecule has 9 heteroatoms. The molecule has 0 saturated carbocycles. The molecule has 1 unspecified atom stereocenters. The van der Waals surface area contributed by atoms with Gasteiger partial charge in [-0.25, -0.2) is 8.42 Å². The molecule has 0 bridgehead atoms. The maximum atomic E-state index is 13.0. The van der Waals surface area contributed by atoms with Gasteiger partial charge in [0.05, 0.1) is 22.3 Å². The van der Waals surface area contributed by atoms with Crippen molar-refractivity contribution in [2.24, 2.45) is 0 Å². The minimum absolute atomic E-state index is 0.00761. The highest BCUT2D eigenvalue weighted by Crippen LogP contribution is 2.28. The van der Waals surface area contributed by atoms with Gasteiger partial charge in [0, 0.05) is 31.8 Å². The maximum Gasteiger partial charge on any atom is 0.261 e. The van der Waals surface area contributed by atoms with Crippen molar-refractivity contribution in [1.82, 2.24) is 5.32 Å². The summed E-state index contributed by atoms with van der Waals surface area (Å²) < 4.78 is 34.2. The molecule has 170 valence electrons. The number of nitrogens with zero attached hydrogens (tertiary/aromatic N) is 1. The van der Waals surface area contributed by atoms with Gasteiger partial charge in [-0.05, 0) is 62.1 Å². The van der Waals surface area contributed by atoms with Gasteiger partial charge >= 0.3 is 0 Å². The first-order chi connectivity index (χ1) is 15.3. The van der Waals surface area contributed by atoms with E-state index in [1.165, 1.54) is 6.07 Å². The summed E-state index contributed by atoms with van der Waals surface area (Å²) in [5, 5.41) is 2.82. The Morgan fingerprint density at radius 2 is 2.00 bits per heavy atom. The van der Waals surface area contributed by atoms with Crippen LogP contribution >= 0.6 is 0 Å². The second kappa shape index (κ2) is 9.30. The molecule has 0 spiro atoms. The van der Waals surface area contributed by atoms with E-state index in [1.807, 2.05) is 0 Å². The van der Waals surface area contributed by atoms with E-state index in [1.54, 1.807) is 48.2 Å². The minimum Gasteiger partial charge on any atom is -0.376 e. The lowest BCUT2D eigenvalue weighted by Gasteiger charge is -2.19. The molecule has 32 heavy (non-hydrogen) atoms. The third kappa shape index (κ3) is 4.78. The van der Waals surface area contributed by atoms with Crippen LogP contribution in [-0.2, 0) is 19.6 Å². The van der Waals surface area contributed by atoms with Crippen LogP contribution in [-0.4, -0.2) is 46.0 Å². The number of rotatable bonds is 7. The Morgan fingerprint density at radius 3 is 2.69 bits per heavy atom. The highest BCUT2D eigenvalue weighted by atomic mass is 32.2. The molecule has 2 aliphatic rings. The maximum absolute atomic E-state index is 13.0. The van der Waals surface area contributed by atoms with Gasteiger partial charge < -0.3 is 15.0 Å². The van der Waals surface area contributed by atoms with Gasteiger partial charge in [0.15, 0.2) is 0 Å². The molecule has 8 nitrogen and oxygen atoms in total. The number of nitrogens with one attached hydrogen (secondary N) is 2. The van der Waals surface area contributed by atoms with Gasteiger partial charge in [0.1, 0.15) is 0 Å². The Hall–Kier alpha value is -2.91. The predicted molar refractivity (Wildman–Crippen MR) is 121 cm³/mol. The normalized spacial score (nSPS) is 18.7. The van der Waals surface area contributed by atoms with Crippen molar-refractivity contribution in [2.45, 2.75) is 43.6 Å². The number of hydrogen-bond donors (Lipinski definition) is 2. The summed E-state index contributed by atoms with van der Waals surface area (Å²) in [5.41, 5.74) is 1.87. The number of carbonyl (C=O) groups excluding carboxylic acids is 2. The number of aryl methyl sites for hydroxylation is 1. The van der Waals surface area contributed by atoms with E-state index >= 15 is 0 Å². The molecule has 2 fully saturated rings. The third-order valence-electron chi connectivity index (χ3n) is 5.77. The summed E-state index contributed by atoms with van der Waals surface area (Å²) in [7, 11) is -3.93. The van der Waals surface area contributed by atoms with E-state index < -0.39 is 10.0 Å². The van der Waals surface area contributed by atoms with Crippen molar-refractivity contribution >= 4 is 33.2 Å². The number of benzene rings is 2. The lowest BCUT2D eigenvalue weighted by Crippen LogP contribution is -2.32. The SMILES string of the molecule is Cc1cc(S(=O)(=O)Nc2ccccc2C(=O)NCC2CCCO2)ccc1N1CCCC1=O. The van der Waals surface area contributed by atoms with Crippen molar-refractivity contribution in [3.05, 3.63) is 53.6 Å². The predicted octanol–water partition coefficient (Wildman–Crippen LogP) is 2.83. The van der Waals surface area contributed by atoms with Crippen LogP contribution in [0.4, 0.5) is 11.4 Å². The number of hydrogen-bond acceptors (Lipinski definition) is 5. The molecule has 2 aromatic rings. The Kier molecular flexibility index (Phi) is 6.48. The van der Waals surface area contributed by atoms with Crippen molar-refractivity contribution in [2.75, 3.05) is 29.3 Å². The number of ether oxygens (including phenoxy) is 1. The van der Waals surface area contributed by atoms with Gasteiger partial charge in [-0.2, -0.15) is 0 Å². The zero-order valence-electron chi connectivity index (χ0n) is 18.0. The number of sulfonamides is 1. The zero-order chi connectivity index (χ0) is 22.7. The highest BCUT2D eigenvalue weighted by Gasteiger charge is 2.25. The lowest BCUT2D eigenvalue weighted by molar-refractivity contribution is -0.117. The monoisotopic (exact) mass is 457 g/mol. The Labute approximate surface area is 188 Å². The first-order valence-electron chi connectivity index (χ1n) is 10.8. The van der Waals surface area contributed by atoms with E-state index in [4.69, 9.17) is 4.74 Å². The number of para-hydroxylation sites is 1.